The second-order valence-corrected chi connectivity index (χ2v) is 17.5. The van der Waals surface area contributed by atoms with Crippen molar-refractivity contribution in [2.75, 3.05) is 26.7 Å². The highest BCUT2D eigenvalue weighted by atomic mass is 35.5. The Balaban J connectivity index is 1.10. The molecule has 0 bridgehead atoms. The number of fused-ring (bicyclic) bond motifs is 3. The van der Waals surface area contributed by atoms with Crippen LogP contribution in [-0.2, 0) is 19.9 Å². The number of halogens is 1. The molecule has 6 unspecified atom stereocenters. The molecule has 0 saturated carbocycles. The van der Waals surface area contributed by atoms with Gasteiger partial charge in [-0.25, -0.2) is 4.79 Å². The van der Waals surface area contributed by atoms with Gasteiger partial charge in [-0.15, -0.1) is 0 Å². The van der Waals surface area contributed by atoms with Crippen molar-refractivity contribution in [1.29, 1.82) is 0 Å². The van der Waals surface area contributed by atoms with Crippen LogP contribution in [-0.4, -0.2) is 54.9 Å². The van der Waals surface area contributed by atoms with Gasteiger partial charge in [0.15, 0.2) is 11.8 Å². The third-order valence-corrected chi connectivity index (χ3v) is 13.6. The molecule has 1 fully saturated rings. The number of rotatable bonds is 12. The average molecular weight is 841 g/mol. The smallest absolute Gasteiger partial charge is 0.414 e. The minimum Gasteiger partial charge on any atom is -0.611 e. The van der Waals surface area contributed by atoms with Crippen molar-refractivity contribution in [1.82, 2.24) is 9.91 Å². The number of amides is 1. The maximum absolute atomic E-state index is 14.9. The van der Waals surface area contributed by atoms with Crippen molar-refractivity contribution in [3.8, 4) is 0 Å². The van der Waals surface area contributed by atoms with Gasteiger partial charge in [0.1, 0.15) is 13.0 Å². The second kappa shape index (κ2) is 19.8. The zero-order chi connectivity index (χ0) is 42.2. The molecule has 8 nitrogen and oxygen atoms in total. The summed E-state index contributed by atoms with van der Waals surface area (Å²) < 4.78 is 12.9. The van der Waals surface area contributed by atoms with E-state index >= 15 is 0 Å². The molecule has 1 heterocycles. The predicted molar refractivity (Wildman–Crippen MR) is 241 cm³/mol. The molecular weight excluding hydrogens is 782 g/mol. The number of nitrogens with one attached hydrogen (secondary N) is 1. The number of carbonyl (C=O) groups is 2. The van der Waals surface area contributed by atoms with E-state index in [2.05, 4.69) is 60.7 Å². The van der Waals surface area contributed by atoms with Gasteiger partial charge >= 0.3 is 12.1 Å². The number of allylic oxidation sites excluding steroid dienone is 6. The number of carbonyl (C=O) groups excluding carboxylic acids is 2. The van der Waals surface area contributed by atoms with E-state index in [-0.39, 0.29) is 36.0 Å². The van der Waals surface area contributed by atoms with Crippen molar-refractivity contribution in [3.05, 3.63) is 183 Å². The first kappa shape index (κ1) is 42.7. The lowest BCUT2D eigenvalue weighted by molar-refractivity contribution is -1.00. The summed E-state index contributed by atoms with van der Waals surface area (Å²) in [5.41, 5.74) is 4.16. The SMILES string of the molecule is CN(C(=O)OCC1c2ccccc2C2C=CC=CC21)[C@@H](CC(=O)OC(c1ccccc1)(c1ccc(C2/C=C\CCCCCC2)cc1)c1ccccc1Cl)[NH+]([O-])N1CCCCC1. The molecule has 61 heavy (non-hydrogen) atoms. The average Bonchev–Trinajstić information content (AvgIpc) is 3.70. The van der Waals surface area contributed by atoms with Gasteiger partial charge in [-0.05, 0) is 60.8 Å². The summed E-state index contributed by atoms with van der Waals surface area (Å²) in [4.78, 5) is 30.3. The van der Waals surface area contributed by atoms with Crippen LogP contribution in [0.15, 0.2) is 140 Å². The van der Waals surface area contributed by atoms with Crippen LogP contribution < -0.4 is 5.17 Å². The number of nitrogens with zero attached hydrogens (tertiary/aromatic N) is 2. The molecule has 1 amide bonds. The number of hydrogen-bond donors (Lipinski definition) is 1. The number of benzene rings is 4. The van der Waals surface area contributed by atoms with E-state index in [0.717, 1.165) is 43.2 Å². The molecule has 4 aliphatic rings. The van der Waals surface area contributed by atoms with Gasteiger partial charge in [0, 0.05) is 59.6 Å². The van der Waals surface area contributed by atoms with E-state index in [1.54, 1.807) is 18.1 Å². The van der Waals surface area contributed by atoms with Crippen LogP contribution >= 0.6 is 11.6 Å². The number of piperidine rings is 1. The van der Waals surface area contributed by atoms with Crippen LogP contribution in [0.5, 0.6) is 0 Å². The molecule has 1 N–H and O–H groups in total. The molecule has 4 aromatic rings. The highest BCUT2D eigenvalue weighted by Gasteiger charge is 2.45. The van der Waals surface area contributed by atoms with Crippen LogP contribution in [0.25, 0.3) is 0 Å². The summed E-state index contributed by atoms with van der Waals surface area (Å²) in [5, 5.41) is 16.4. The zero-order valence-electron chi connectivity index (χ0n) is 35.2. The number of ether oxygens (including phenoxy) is 2. The predicted octanol–water partition coefficient (Wildman–Crippen LogP) is 10.4. The van der Waals surface area contributed by atoms with Gasteiger partial charge in [0.2, 0.25) is 0 Å². The summed E-state index contributed by atoms with van der Waals surface area (Å²) in [6.07, 6.45) is 20.8. The lowest BCUT2D eigenvalue weighted by Gasteiger charge is -2.43. The highest BCUT2D eigenvalue weighted by Crippen LogP contribution is 2.49. The van der Waals surface area contributed by atoms with Gasteiger partial charge in [0.25, 0.3) is 0 Å². The van der Waals surface area contributed by atoms with Gasteiger partial charge in [-0.3, -0.25) is 14.9 Å². The minimum absolute atomic E-state index is 0.0398. The summed E-state index contributed by atoms with van der Waals surface area (Å²) >= 11 is 7.07. The molecule has 0 radical (unpaired) electrons. The van der Waals surface area contributed by atoms with Crippen LogP contribution in [0, 0.1) is 11.1 Å². The molecule has 3 aliphatic carbocycles. The second-order valence-electron chi connectivity index (χ2n) is 17.1. The summed E-state index contributed by atoms with van der Waals surface area (Å²) in [6.45, 7) is 1.27. The van der Waals surface area contributed by atoms with Crippen molar-refractivity contribution in [2.24, 2.45) is 5.92 Å². The Kier molecular flexibility index (Phi) is 13.9. The number of quaternary nitrogens is 1. The van der Waals surface area contributed by atoms with E-state index in [0.29, 0.717) is 35.2 Å². The van der Waals surface area contributed by atoms with Crippen LogP contribution in [0.2, 0.25) is 5.02 Å². The van der Waals surface area contributed by atoms with E-state index in [9.17, 15) is 14.8 Å². The van der Waals surface area contributed by atoms with Crippen molar-refractivity contribution >= 4 is 23.7 Å². The first-order valence-corrected chi connectivity index (χ1v) is 22.6. The van der Waals surface area contributed by atoms with Crippen molar-refractivity contribution in [2.45, 2.75) is 93.7 Å². The number of esters is 1. The van der Waals surface area contributed by atoms with E-state index in [1.165, 1.54) is 41.7 Å². The minimum atomic E-state index is -1.48. The normalized spacial score (nSPS) is 23.8. The Bertz CT molecular complexity index is 2200. The maximum Gasteiger partial charge on any atom is 0.414 e. The van der Waals surface area contributed by atoms with E-state index in [4.69, 9.17) is 21.1 Å². The van der Waals surface area contributed by atoms with Crippen LogP contribution in [0.3, 0.4) is 0 Å². The Morgan fingerprint density at radius 1 is 0.803 bits per heavy atom. The van der Waals surface area contributed by atoms with Gasteiger partial charge in [0.05, 0.1) is 0 Å². The van der Waals surface area contributed by atoms with Crippen molar-refractivity contribution in [3.63, 3.8) is 0 Å². The Morgan fingerprint density at radius 2 is 1.48 bits per heavy atom. The third kappa shape index (κ3) is 9.29. The van der Waals surface area contributed by atoms with Crippen molar-refractivity contribution < 1.29 is 24.2 Å². The molecule has 0 aromatic heterocycles. The first-order valence-electron chi connectivity index (χ1n) is 22.3. The Morgan fingerprint density at radius 3 is 2.26 bits per heavy atom. The molecule has 9 heteroatoms. The fraction of sp³-hybridized carbons (Fsp3) is 0.385. The molecule has 8 rings (SSSR count). The molecule has 1 saturated heterocycles. The lowest BCUT2D eigenvalue weighted by Crippen LogP contribution is -3.19. The maximum atomic E-state index is 14.9. The fourth-order valence-corrected chi connectivity index (χ4v) is 10.3. The standard InChI is InChI=1S/C52H58ClN3O5/c1-54(51(58)60-37-46-44-26-14-12-24-42(44)43-25-13-15-27-45(43)46)49(56(59)55-34-18-7-19-35-55)36-50(57)61-52(40-22-10-6-11-23-40,47-28-16-17-29-48(47)53)41-32-30-39(31-33-41)38-20-8-4-2-3-5-9-21-38/h6,8,10-17,20,22-33,38,42,44,46,49,56H,2-5,7,9,18-19,21,34-37H2,1H3/b20-8-/t38?,42?,44?,46?,49-,52?/m1/s1. The van der Waals surface area contributed by atoms with Crippen LogP contribution in [0.1, 0.15) is 115 Å². The largest absolute Gasteiger partial charge is 0.611 e. The van der Waals surface area contributed by atoms with E-state index in [1.807, 2.05) is 72.8 Å². The molecule has 4 aromatic carbocycles. The van der Waals surface area contributed by atoms with Crippen LogP contribution in [0.4, 0.5) is 4.79 Å². The summed E-state index contributed by atoms with van der Waals surface area (Å²) in [7, 11) is 1.56. The Labute approximate surface area is 366 Å². The fourth-order valence-electron chi connectivity index (χ4n) is 10.0. The summed E-state index contributed by atoms with van der Waals surface area (Å²) in [5.74, 6) is -0.0218. The highest BCUT2D eigenvalue weighted by molar-refractivity contribution is 6.31. The Hall–Kier alpha value is -4.99. The zero-order valence-corrected chi connectivity index (χ0v) is 35.9. The number of hydroxylamine groups is 1. The molecule has 318 valence electrons. The van der Waals surface area contributed by atoms with E-state index < -0.39 is 23.8 Å². The topological polar surface area (TPSA) is 86.6 Å². The first-order chi connectivity index (χ1) is 29.8. The third-order valence-electron chi connectivity index (χ3n) is 13.3. The van der Waals surface area contributed by atoms with Gasteiger partial charge < -0.3 is 14.7 Å². The molecule has 1 aliphatic heterocycles. The summed E-state index contributed by atoms with van der Waals surface area (Å²) in [6, 6.07) is 33.8. The lowest BCUT2D eigenvalue weighted by atomic mass is 9.79. The number of hydrogen-bond acceptors (Lipinski definition) is 6. The van der Waals surface area contributed by atoms with Gasteiger partial charge in [-0.2, -0.15) is 5.01 Å². The quantitative estimate of drug-likeness (QED) is 0.0503. The molecular formula is C52H58ClN3O5. The van der Waals surface area contributed by atoms with Gasteiger partial charge in [-0.1, -0.05) is 171 Å². The molecule has 7 atom stereocenters. The monoisotopic (exact) mass is 839 g/mol. The molecule has 0 spiro atoms.